The zero-order valence-corrected chi connectivity index (χ0v) is 13.6. The molecule has 1 N–H and O–H groups in total. The highest BCUT2D eigenvalue weighted by Gasteiger charge is 2.15. The van der Waals surface area contributed by atoms with Gasteiger partial charge in [0.15, 0.2) is 0 Å². The average molecular weight is 308 g/mol. The van der Waals surface area contributed by atoms with E-state index < -0.39 is 5.60 Å². The maximum atomic E-state index is 11.7. The number of carbonyl (C=O) groups is 1. The second-order valence-electron chi connectivity index (χ2n) is 6.21. The van der Waals surface area contributed by atoms with Crippen molar-refractivity contribution in [1.82, 2.24) is 0 Å². The Morgan fingerprint density at radius 2 is 1.57 bits per heavy atom. The van der Waals surface area contributed by atoms with Crippen LogP contribution in [0.15, 0.2) is 48.5 Å². The number of anilines is 1. The molecule has 118 valence electrons. The summed E-state index contributed by atoms with van der Waals surface area (Å²) in [6.45, 7) is 5.67. The second kappa shape index (κ2) is 6.97. The normalized spacial score (nSPS) is 10.7. The molecule has 4 heteroatoms. The zero-order chi connectivity index (χ0) is 16.9. The molecule has 0 spiro atoms. The Balaban J connectivity index is 1.97. The van der Waals surface area contributed by atoms with E-state index in [4.69, 9.17) is 10.00 Å². The summed E-state index contributed by atoms with van der Waals surface area (Å²) < 4.78 is 5.25. The quantitative estimate of drug-likeness (QED) is 0.868. The zero-order valence-electron chi connectivity index (χ0n) is 13.6. The molecule has 0 atom stereocenters. The fraction of sp³-hybridized carbons (Fsp3) is 0.263. The Bertz CT molecular complexity index is 705. The maximum absolute atomic E-state index is 11.7. The van der Waals surface area contributed by atoms with Gasteiger partial charge in [0.2, 0.25) is 0 Å². The van der Waals surface area contributed by atoms with Crippen molar-refractivity contribution in [3.63, 3.8) is 0 Å². The van der Waals surface area contributed by atoms with E-state index in [0.717, 1.165) is 16.8 Å². The van der Waals surface area contributed by atoms with E-state index in [1.807, 2.05) is 57.2 Å². The van der Waals surface area contributed by atoms with Gasteiger partial charge in [0.25, 0.3) is 0 Å². The highest BCUT2D eigenvalue weighted by atomic mass is 16.6. The van der Waals surface area contributed by atoms with E-state index in [1.165, 1.54) is 0 Å². The summed E-state index contributed by atoms with van der Waals surface area (Å²) in [6.07, 6.45) is 0. The van der Waals surface area contributed by atoms with Gasteiger partial charge in [0, 0.05) is 5.69 Å². The van der Waals surface area contributed by atoms with Crippen molar-refractivity contribution in [2.75, 3.05) is 11.9 Å². The molecule has 0 aliphatic carbocycles. The van der Waals surface area contributed by atoms with Gasteiger partial charge in [-0.2, -0.15) is 5.26 Å². The summed E-state index contributed by atoms with van der Waals surface area (Å²) >= 11 is 0. The van der Waals surface area contributed by atoms with Gasteiger partial charge in [-0.05, 0) is 56.2 Å². The van der Waals surface area contributed by atoms with Gasteiger partial charge in [-0.1, -0.05) is 24.3 Å². The molecule has 2 aromatic rings. The van der Waals surface area contributed by atoms with E-state index in [9.17, 15) is 4.79 Å². The van der Waals surface area contributed by atoms with E-state index in [1.54, 1.807) is 12.1 Å². The molecule has 0 aliphatic heterocycles. The van der Waals surface area contributed by atoms with E-state index in [0.29, 0.717) is 5.56 Å². The second-order valence-corrected chi connectivity index (χ2v) is 6.21. The highest BCUT2D eigenvalue weighted by Crippen LogP contribution is 2.21. The molecule has 0 saturated carbocycles. The van der Waals surface area contributed by atoms with Crippen LogP contribution >= 0.6 is 0 Å². The molecule has 0 aliphatic rings. The van der Waals surface area contributed by atoms with Crippen LogP contribution in [-0.2, 0) is 9.53 Å². The molecule has 0 saturated heterocycles. The number of ether oxygens (including phenoxy) is 1. The van der Waals surface area contributed by atoms with Gasteiger partial charge in [-0.25, -0.2) is 0 Å². The number of rotatable bonds is 4. The summed E-state index contributed by atoms with van der Waals surface area (Å²) in [5, 5.41) is 11.9. The molecule has 0 unspecified atom stereocenters. The number of nitrogens with zero attached hydrogens (tertiary/aromatic N) is 1. The molecule has 0 fully saturated rings. The molecule has 0 heterocycles. The van der Waals surface area contributed by atoms with Crippen LogP contribution in [0.4, 0.5) is 5.69 Å². The molecule has 0 amide bonds. The fourth-order valence-electron chi connectivity index (χ4n) is 2.07. The van der Waals surface area contributed by atoms with E-state index >= 15 is 0 Å². The summed E-state index contributed by atoms with van der Waals surface area (Å²) in [4.78, 5) is 11.7. The van der Waals surface area contributed by atoms with Crippen LogP contribution < -0.4 is 5.32 Å². The van der Waals surface area contributed by atoms with Gasteiger partial charge in [0.1, 0.15) is 12.1 Å². The Morgan fingerprint density at radius 3 is 2.04 bits per heavy atom. The van der Waals surface area contributed by atoms with Gasteiger partial charge in [0.05, 0.1) is 11.6 Å². The molecule has 23 heavy (non-hydrogen) atoms. The third kappa shape index (κ3) is 5.15. The summed E-state index contributed by atoms with van der Waals surface area (Å²) in [5.41, 5.74) is 3.12. The SMILES string of the molecule is CC(C)(C)OC(=O)CNc1ccc(-c2ccc(C#N)cc2)cc1. The van der Waals surface area contributed by atoms with Crippen LogP contribution in [0, 0.1) is 11.3 Å². The summed E-state index contributed by atoms with van der Waals surface area (Å²) in [5.74, 6) is -0.284. The predicted octanol–water partition coefficient (Wildman–Crippen LogP) is 3.98. The first-order valence-electron chi connectivity index (χ1n) is 7.44. The van der Waals surface area contributed by atoms with Gasteiger partial charge < -0.3 is 10.1 Å². The number of benzene rings is 2. The molecule has 2 aromatic carbocycles. The Morgan fingerprint density at radius 1 is 1.04 bits per heavy atom. The Kier molecular flexibility index (Phi) is 5.02. The molecule has 4 nitrogen and oxygen atoms in total. The third-order valence-corrected chi connectivity index (χ3v) is 3.09. The largest absolute Gasteiger partial charge is 0.459 e. The molecular weight excluding hydrogens is 288 g/mol. The Labute approximate surface area is 136 Å². The minimum absolute atomic E-state index is 0.132. The van der Waals surface area contributed by atoms with E-state index in [2.05, 4.69) is 11.4 Å². The lowest BCUT2D eigenvalue weighted by Gasteiger charge is -2.19. The smallest absolute Gasteiger partial charge is 0.325 e. The van der Waals surface area contributed by atoms with Crippen LogP contribution in [0.2, 0.25) is 0 Å². The van der Waals surface area contributed by atoms with Gasteiger partial charge in [-0.3, -0.25) is 4.79 Å². The predicted molar refractivity (Wildman–Crippen MR) is 90.9 cm³/mol. The van der Waals surface area contributed by atoms with Gasteiger partial charge in [-0.15, -0.1) is 0 Å². The average Bonchev–Trinajstić information content (AvgIpc) is 2.52. The number of nitriles is 1. The molecule has 2 rings (SSSR count). The number of esters is 1. The lowest BCUT2D eigenvalue weighted by atomic mass is 10.0. The van der Waals surface area contributed by atoms with Crippen LogP contribution in [0.1, 0.15) is 26.3 Å². The Hall–Kier alpha value is -2.80. The standard InChI is InChI=1S/C19H20N2O2/c1-19(2,3)23-18(22)13-21-17-10-8-16(9-11-17)15-6-4-14(12-20)5-7-15/h4-11,21H,13H2,1-3H3. The number of hydrogen-bond acceptors (Lipinski definition) is 4. The van der Waals surface area contributed by atoms with Gasteiger partial charge >= 0.3 is 5.97 Å². The van der Waals surface area contributed by atoms with Crippen LogP contribution in [0.3, 0.4) is 0 Å². The number of carbonyl (C=O) groups excluding carboxylic acids is 1. The van der Waals surface area contributed by atoms with Crippen LogP contribution in [-0.4, -0.2) is 18.1 Å². The number of hydrogen-bond donors (Lipinski definition) is 1. The summed E-state index contributed by atoms with van der Waals surface area (Å²) in [7, 11) is 0. The van der Waals surface area contributed by atoms with Crippen molar-refractivity contribution in [1.29, 1.82) is 5.26 Å². The minimum Gasteiger partial charge on any atom is -0.459 e. The lowest BCUT2D eigenvalue weighted by molar-refractivity contribution is -0.152. The van der Waals surface area contributed by atoms with Crippen molar-refractivity contribution in [2.45, 2.75) is 26.4 Å². The van der Waals surface area contributed by atoms with Crippen molar-refractivity contribution >= 4 is 11.7 Å². The van der Waals surface area contributed by atoms with Crippen molar-refractivity contribution in [3.8, 4) is 17.2 Å². The molecule has 0 aromatic heterocycles. The first-order chi connectivity index (χ1) is 10.9. The minimum atomic E-state index is -0.474. The first kappa shape index (κ1) is 16.6. The van der Waals surface area contributed by atoms with Crippen molar-refractivity contribution in [3.05, 3.63) is 54.1 Å². The maximum Gasteiger partial charge on any atom is 0.325 e. The van der Waals surface area contributed by atoms with Crippen LogP contribution in [0.25, 0.3) is 11.1 Å². The lowest BCUT2D eigenvalue weighted by Crippen LogP contribution is -2.28. The molecule has 0 radical (unpaired) electrons. The van der Waals surface area contributed by atoms with Crippen molar-refractivity contribution < 1.29 is 9.53 Å². The van der Waals surface area contributed by atoms with Crippen LogP contribution in [0.5, 0.6) is 0 Å². The number of nitrogens with one attached hydrogen (secondary N) is 1. The topological polar surface area (TPSA) is 62.1 Å². The van der Waals surface area contributed by atoms with E-state index in [-0.39, 0.29) is 12.5 Å². The molecular formula is C19H20N2O2. The highest BCUT2D eigenvalue weighted by molar-refractivity contribution is 5.76. The third-order valence-electron chi connectivity index (χ3n) is 3.09. The molecule has 0 bridgehead atoms. The fourth-order valence-corrected chi connectivity index (χ4v) is 2.07. The van der Waals surface area contributed by atoms with Crippen molar-refractivity contribution in [2.24, 2.45) is 0 Å². The first-order valence-corrected chi connectivity index (χ1v) is 7.44. The monoisotopic (exact) mass is 308 g/mol. The summed E-state index contributed by atoms with van der Waals surface area (Å²) in [6, 6.07) is 17.3.